The summed E-state index contributed by atoms with van der Waals surface area (Å²) >= 11 is 0. The van der Waals surface area contributed by atoms with Gasteiger partial charge in [0.2, 0.25) is 0 Å². The number of aromatic nitrogens is 1. The van der Waals surface area contributed by atoms with Gasteiger partial charge in [0.05, 0.1) is 11.8 Å². The fourth-order valence-corrected chi connectivity index (χ4v) is 2.91. The van der Waals surface area contributed by atoms with Crippen molar-refractivity contribution >= 4 is 6.03 Å². The number of rotatable bonds is 4. The van der Waals surface area contributed by atoms with Crippen LogP contribution in [0, 0.1) is 6.92 Å². The van der Waals surface area contributed by atoms with Gasteiger partial charge in [-0.3, -0.25) is 10.3 Å². The molecule has 1 saturated heterocycles. The second kappa shape index (κ2) is 8.47. The highest BCUT2D eigenvalue weighted by molar-refractivity contribution is 5.74. The second-order valence-electron chi connectivity index (χ2n) is 6.45. The van der Waals surface area contributed by atoms with E-state index in [4.69, 9.17) is 4.74 Å². The third-order valence-corrected chi connectivity index (χ3v) is 4.42. The number of nitrogens with one attached hydrogen (secondary N) is 2. The van der Waals surface area contributed by atoms with Crippen LogP contribution in [0.25, 0.3) is 0 Å². The molecule has 2 N–H and O–H groups in total. The lowest BCUT2D eigenvalue weighted by molar-refractivity contribution is -0.138. The van der Waals surface area contributed by atoms with E-state index < -0.39 is 24.0 Å². The molecule has 2 heterocycles. The lowest BCUT2D eigenvalue weighted by Crippen LogP contribution is -2.51. The molecule has 1 aromatic heterocycles. The van der Waals surface area contributed by atoms with Crippen molar-refractivity contribution in [3.05, 3.63) is 59.4 Å². The number of urea groups is 1. The molecule has 1 unspecified atom stereocenters. The summed E-state index contributed by atoms with van der Waals surface area (Å²) in [5, 5.41) is 5.83. The molecule has 1 aliphatic heterocycles. The fraction of sp³-hybridized carbons (Fsp3) is 0.368. The Hall–Kier alpha value is -2.81. The van der Waals surface area contributed by atoms with Gasteiger partial charge in [-0.1, -0.05) is 12.1 Å². The zero-order valence-corrected chi connectivity index (χ0v) is 15.3. The highest BCUT2D eigenvalue weighted by Gasteiger charge is 2.33. The molecule has 1 atom stereocenters. The topological polar surface area (TPSA) is 66.5 Å². The number of nitrogens with zero attached hydrogens (tertiary/aromatic N) is 2. The molecule has 3 rings (SSSR count). The normalized spacial score (nSPS) is 15.8. The largest absolute Gasteiger partial charge is 0.465 e. The number of piperazine rings is 1. The average Bonchev–Trinajstić information content (AvgIpc) is 2.68. The molecule has 0 aliphatic carbocycles. The van der Waals surface area contributed by atoms with E-state index >= 15 is 0 Å². The first-order valence-electron chi connectivity index (χ1n) is 8.85. The number of alkyl halides is 3. The molecule has 1 aliphatic rings. The minimum Gasteiger partial charge on any atom is -0.465 e. The molecule has 0 spiro atoms. The lowest BCUT2D eigenvalue weighted by atomic mass is 10.0. The van der Waals surface area contributed by atoms with Crippen molar-refractivity contribution in [2.45, 2.75) is 19.3 Å². The van der Waals surface area contributed by atoms with Crippen LogP contribution in [-0.2, 0) is 6.18 Å². The number of pyridine rings is 1. The highest BCUT2D eigenvalue weighted by Crippen LogP contribution is 2.34. The molecule has 1 aromatic carbocycles. The minimum absolute atomic E-state index is 0.102. The maximum atomic E-state index is 13.3. The number of ether oxygens (including phenoxy) is 1. The Kier molecular flexibility index (Phi) is 6.03. The molecule has 2 aromatic rings. The SMILES string of the molecule is Cc1ccc(C(NC(=O)N2CCNCC2)Oc2cccnc2)cc1C(F)(F)F. The molecular weight excluding hydrogens is 373 g/mol. The maximum Gasteiger partial charge on any atom is 0.416 e. The van der Waals surface area contributed by atoms with Gasteiger partial charge in [-0.05, 0) is 30.7 Å². The van der Waals surface area contributed by atoms with Crippen LogP contribution >= 0.6 is 0 Å². The summed E-state index contributed by atoms with van der Waals surface area (Å²) in [6.07, 6.45) is -2.60. The van der Waals surface area contributed by atoms with E-state index in [1.165, 1.54) is 25.3 Å². The number of carbonyl (C=O) groups excluding carboxylic acids is 1. The first kappa shape index (κ1) is 19.9. The molecule has 6 nitrogen and oxygen atoms in total. The van der Waals surface area contributed by atoms with Gasteiger partial charge in [0.25, 0.3) is 0 Å². The fourth-order valence-electron chi connectivity index (χ4n) is 2.91. The van der Waals surface area contributed by atoms with Crippen molar-refractivity contribution in [2.24, 2.45) is 0 Å². The Labute approximate surface area is 160 Å². The van der Waals surface area contributed by atoms with Crippen LogP contribution in [0.5, 0.6) is 5.75 Å². The van der Waals surface area contributed by atoms with E-state index in [0.29, 0.717) is 31.9 Å². The molecule has 0 bridgehead atoms. The van der Waals surface area contributed by atoms with Gasteiger partial charge in [0, 0.05) is 37.9 Å². The number of carbonyl (C=O) groups is 1. The van der Waals surface area contributed by atoms with Crippen LogP contribution < -0.4 is 15.4 Å². The molecular formula is C19H21F3N4O2. The quantitative estimate of drug-likeness (QED) is 0.783. The van der Waals surface area contributed by atoms with Crippen molar-refractivity contribution in [3.8, 4) is 5.75 Å². The summed E-state index contributed by atoms with van der Waals surface area (Å²) in [6.45, 7) is 3.72. The van der Waals surface area contributed by atoms with Crippen LogP contribution in [0.4, 0.5) is 18.0 Å². The smallest absolute Gasteiger partial charge is 0.416 e. The number of aryl methyl sites for hydroxylation is 1. The van der Waals surface area contributed by atoms with Gasteiger partial charge < -0.3 is 15.0 Å². The first-order valence-corrected chi connectivity index (χ1v) is 8.85. The molecule has 0 radical (unpaired) electrons. The van der Waals surface area contributed by atoms with Gasteiger partial charge >= 0.3 is 12.2 Å². The third-order valence-electron chi connectivity index (χ3n) is 4.42. The molecule has 1 fully saturated rings. The Balaban J connectivity index is 1.88. The van der Waals surface area contributed by atoms with Gasteiger partial charge in [-0.2, -0.15) is 13.2 Å². The van der Waals surface area contributed by atoms with E-state index in [9.17, 15) is 18.0 Å². The zero-order valence-electron chi connectivity index (χ0n) is 15.3. The van der Waals surface area contributed by atoms with E-state index in [1.807, 2.05) is 0 Å². The van der Waals surface area contributed by atoms with E-state index in [0.717, 1.165) is 6.07 Å². The van der Waals surface area contributed by atoms with E-state index in [-0.39, 0.29) is 11.1 Å². The van der Waals surface area contributed by atoms with Crippen molar-refractivity contribution < 1.29 is 22.7 Å². The van der Waals surface area contributed by atoms with Crippen LogP contribution in [0.2, 0.25) is 0 Å². The Morgan fingerprint density at radius 1 is 1.29 bits per heavy atom. The first-order chi connectivity index (χ1) is 13.3. The summed E-state index contributed by atoms with van der Waals surface area (Å²) in [7, 11) is 0. The standard InChI is InChI=1S/C19H21F3N4O2/c1-13-4-5-14(11-16(13)19(20,21)22)17(28-15-3-2-6-24-12-15)25-18(27)26-9-7-23-8-10-26/h2-6,11-12,17,23H,7-10H2,1H3,(H,25,27). The van der Waals surface area contributed by atoms with Gasteiger partial charge in [0.15, 0.2) is 6.23 Å². The molecule has 9 heteroatoms. The van der Waals surface area contributed by atoms with E-state index in [1.54, 1.807) is 23.2 Å². The van der Waals surface area contributed by atoms with Crippen molar-refractivity contribution in [1.29, 1.82) is 0 Å². The molecule has 2 amide bonds. The molecule has 28 heavy (non-hydrogen) atoms. The summed E-state index contributed by atoms with van der Waals surface area (Å²) in [5.74, 6) is 0.335. The zero-order chi connectivity index (χ0) is 20.1. The van der Waals surface area contributed by atoms with E-state index in [2.05, 4.69) is 15.6 Å². The van der Waals surface area contributed by atoms with Crippen molar-refractivity contribution in [1.82, 2.24) is 20.5 Å². The summed E-state index contributed by atoms with van der Waals surface area (Å²) in [5.41, 5.74) is -0.462. The Bertz CT molecular complexity index is 809. The van der Waals surface area contributed by atoms with Crippen LogP contribution in [-0.4, -0.2) is 42.1 Å². The second-order valence-corrected chi connectivity index (χ2v) is 6.45. The Morgan fingerprint density at radius 2 is 2.04 bits per heavy atom. The summed E-state index contributed by atoms with van der Waals surface area (Å²) in [4.78, 5) is 18.1. The van der Waals surface area contributed by atoms with Crippen molar-refractivity contribution in [3.63, 3.8) is 0 Å². The predicted molar refractivity (Wildman–Crippen MR) is 96.8 cm³/mol. The number of hydrogen-bond donors (Lipinski definition) is 2. The molecule has 150 valence electrons. The molecule has 0 saturated carbocycles. The minimum atomic E-state index is -4.50. The monoisotopic (exact) mass is 394 g/mol. The van der Waals surface area contributed by atoms with Gasteiger partial charge in [-0.15, -0.1) is 0 Å². The van der Waals surface area contributed by atoms with Gasteiger partial charge in [-0.25, -0.2) is 4.79 Å². The van der Waals surface area contributed by atoms with Crippen LogP contribution in [0.1, 0.15) is 22.9 Å². The van der Waals surface area contributed by atoms with Crippen LogP contribution in [0.3, 0.4) is 0 Å². The average molecular weight is 394 g/mol. The maximum absolute atomic E-state index is 13.3. The van der Waals surface area contributed by atoms with Crippen LogP contribution in [0.15, 0.2) is 42.7 Å². The predicted octanol–water partition coefficient (Wildman–Crippen LogP) is 3.10. The summed E-state index contributed by atoms with van der Waals surface area (Å²) < 4.78 is 45.7. The highest BCUT2D eigenvalue weighted by atomic mass is 19.4. The van der Waals surface area contributed by atoms with Crippen molar-refractivity contribution in [2.75, 3.05) is 26.2 Å². The number of amides is 2. The number of hydrogen-bond acceptors (Lipinski definition) is 4. The lowest BCUT2D eigenvalue weighted by Gasteiger charge is -2.30. The number of halogens is 3. The third kappa shape index (κ3) is 4.92. The van der Waals surface area contributed by atoms with Gasteiger partial charge in [0.1, 0.15) is 5.75 Å². The Morgan fingerprint density at radius 3 is 2.68 bits per heavy atom. The number of benzene rings is 1. The summed E-state index contributed by atoms with van der Waals surface area (Å²) in [6, 6.07) is 6.76.